The van der Waals surface area contributed by atoms with E-state index in [0.29, 0.717) is 49.8 Å². The van der Waals surface area contributed by atoms with Crippen LogP contribution in [0.15, 0.2) is 47.5 Å². The van der Waals surface area contributed by atoms with E-state index in [4.69, 9.17) is 9.84 Å². The van der Waals surface area contributed by atoms with Gasteiger partial charge in [0.05, 0.1) is 23.7 Å². The minimum atomic E-state index is -4.38. The number of benzene rings is 2. The predicted octanol–water partition coefficient (Wildman–Crippen LogP) is 3.85. The number of hydrogen-bond acceptors (Lipinski definition) is 4. The van der Waals surface area contributed by atoms with E-state index in [1.165, 1.54) is 12.1 Å². The van der Waals surface area contributed by atoms with E-state index < -0.39 is 17.8 Å². The Morgan fingerprint density at radius 2 is 1.90 bits per heavy atom. The van der Waals surface area contributed by atoms with E-state index in [9.17, 15) is 18.0 Å². The van der Waals surface area contributed by atoms with Crippen molar-refractivity contribution < 1.29 is 27.8 Å². The smallest absolute Gasteiger partial charge is 0.416 e. The second-order valence-electron chi connectivity index (χ2n) is 7.22. The molecule has 0 bridgehead atoms. The van der Waals surface area contributed by atoms with Gasteiger partial charge in [-0.1, -0.05) is 18.2 Å². The number of likely N-dealkylation sites (tertiary alicyclic amines) is 1. The zero-order valence-corrected chi connectivity index (χ0v) is 15.9. The normalized spacial score (nSPS) is 18.8. The molecule has 2 aromatic rings. The molecular weight excluding hydrogens is 399 g/mol. The first-order valence-corrected chi connectivity index (χ1v) is 9.55. The Bertz CT molecular complexity index is 974. The van der Waals surface area contributed by atoms with E-state index in [1.807, 2.05) is 17.0 Å². The Labute approximate surface area is 171 Å². The standard InChI is InChI=1S/C21H20F3N3O3/c22-21(23,24)15-4-1-13(2-5-15)14-3-6-18-17(11-14)19(25-8-10-30-18)27-9-7-16(12-27)26-20(28)29/h1-6,11,16,26H,7-10,12H2,(H,28,29). The Morgan fingerprint density at radius 1 is 1.17 bits per heavy atom. The van der Waals surface area contributed by atoms with Gasteiger partial charge in [-0.25, -0.2) is 4.79 Å². The molecule has 1 atom stereocenters. The molecule has 2 aliphatic rings. The number of nitrogens with zero attached hydrogens (tertiary/aromatic N) is 2. The highest BCUT2D eigenvalue weighted by molar-refractivity contribution is 6.02. The number of alkyl halides is 3. The SMILES string of the molecule is O=C(O)NC1CCN(C2=NCCOc3ccc(-c4ccc(C(F)(F)F)cc4)cc32)C1. The van der Waals surface area contributed by atoms with Crippen LogP contribution >= 0.6 is 0 Å². The van der Waals surface area contributed by atoms with Crippen LogP contribution in [0.4, 0.5) is 18.0 Å². The summed E-state index contributed by atoms with van der Waals surface area (Å²) in [5.41, 5.74) is 1.46. The van der Waals surface area contributed by atoms with Crippen molar-refractivity contribution in [1.82, 2.24) is 10.2 Å². The van der Waals surface area contributed by atoms with Crippen LogP contribution in [0.3, 0.4) is 0 Å². The third-order valence-electron chi connectivity index (χ3n) is 5.19. The van der Waals surface area contributed by atoms with Crippen molar-refractivity contribution >= 4 is 11.9 Å². The summed E-state index contributed by atoms with van der Waals surface area (Å²) in [7, 11) is 0. The molecule has 30 heavy (non-hydrogen) atoms. The highest BCUT2D eigenvalue weighted by Gasteiger charge is 2.31. The number of halogens is 3. The largest absolute Gasteiger partial charge is 0.491 e. The Hall–Kier alpha value is -3.23. The van der Waals surface area contributed by atoms with Gasteiger partial charge < -0.3 is 20.1 Å². The van der Waals surface area contributed by atoms with Crippen LogP contribution < -0.4 is 10.1 Å². The molecule has 0 radical (unpaired) electrons. The van der Waals surface area contributed by atoms with Gasteiger partial charge in [-0.05, 0) is 41.8 Å². The van der Waals surface area contributed by atoms with Crippen LogP contribution in [-0.4, -0.2) is 54.2 Å². The number of hydrogen-bond donors (Lipinski definition) is 2. The van der Waals surface area contributed by atoms with E-state index in [2.05, 4.69) is 10.3 Å². The molecule has 9 heteroatoms. The van der Waals surface area contributed by atoms with Gasteiger partial charge in [0, 0.05) is 13.1 Å². The lowest BCUT2D eigenvalue weighted by Gasteiger charge is -2.22. The molecule has 2 aliphatic heterocycles. The zero-order chi connectivity index (χ0) is 21.3. The van der Waals surface area contributed by atoms with Crippen molar-refractivity contribution in [2.24, 2.45) is 4.99 Å². The van der Waals surface area contributed by atoms with Crippen molar-refractivity contribution in [1.29, 1.82) is 0 Å². The van der Waals surface area contributed by atoms with Gasteiger partial charge in [-0.15, -0.1) is 0 Å². The molecule has 1 amide bonds. The van der Waals surface area contributed by atoms with Crippen LogP contribution in [0.1, 0.15) is 17.5 Å². The summed E-state index contributed by atoms with van der Waals surface area (Å²) >= 11 is 0. The fourth-order valence-electron chi connectivity index (χ4n) is 3.77. The van der Waals surface area contributed by atoms with E-state index in [1.54, 1.807) is 6.07 Å². The molecule has 1 unspecified atom stereocenters. The van der Waals surface area contributed by atoms with Crippen LogP contribution in [0, 0.1) is 0 Å². The molecule has 0 saturated carbocycles. The van der Waals surface area contributed by atoms with Gasteiger partial charge in [0.2, 0.25) is 0 Å². The maximum atomic E-state index is 12.8. The number of fused-ring (bicyclic) bond motifs is 1. The molecule has 6 nitrogen and oxygen atoms in total. The summed E-state index contributed by atoms with van der Waals surface area (Å²) < 4.78 is 44.3. The summed E-state index contributed by atoms with van der Waals surface area (Å²) in [5, 5.41) is 11.5. The van der Waals surface area contributed by atoms with Gasteiger partial charge in [0.25, 0.3) is 0 Å². The highest BCUT2D eigenvalue weighted by atomic mass is 19.4. The number of amidine groups is 1. The lowest BCUT2D eigenvalue weighted by Crippen LogP contribution is -2.38. The average Bonchev–Trinajstić information content (AvgIpc) is 3.04. The second-order valence-corrected chi connectivity index (χ2v) is 7.22. The van der Waals surface area contributed by atoms with Crippen LogP contribution in [-0.2, 0) is 6.18 Å². The summed E-state index contributed by atoms with van der Waals surface area (Å²) in [6, 6.07) is 10.3. The van der Waals surface area contributed by atoms with Gasteiger partial charge in [0.15, 0.2) is 0 Å². The third kappa shape index (κ3) is 4.19. The summed E-state index contributed by atoms with van der Waals surface area (Å²) in [6.07, 6.45) is -4.77. The summed E-state index contributed by atoms with van der Waals surface area (Å²) in [4.78, 5) is 17.6. The second kappa shape index (κ2) is 7.89. The minimum Gasteiger partial charge on any atom is -0.491 e. The fraction of sp³-hybridized carbons (Fsp3) is 0.333. The van der Waals surface area contributed by atoms with Crippen LogP contribution in [0.5, 0.6) is 5.75 Å². The predicted molar refractivity (Wildman–Crippen MR) is 105 cm³/mol. The lowest BCUT2D eigenvalue weighted by molar-refractivity contribution is -0.137. The van der Waals surface area contributed by atoms with Gasteiger partial charge in [0.1, 0.15) is 18.2 Å². The highest BCUT2D eigenvalue weighted by Crippen LogP contribution is 2.33. The molecule has 2 aromatic carbocycles. The Morgan fingerprint density at radius 3 is 2.60 bits per heavy atom. The number of aliphatic imine (C=N–C) groups is 1. The van der Waals surface area contributed by atoms with Crippen molar-refractivity contribution in [3.8, 4) is 16.9 Å². The summed E-state index contributed by atoms with van der Waals surface area (Å²) in [6.45, 7) is 2.02. The molecule has 1 fully saturated rings. The molecule has 1 saturated heterocycles. The maximum Gasteiger partial charge on any atom is 0.416 e. The van der Waals surface area contributed by atoms with E-state index in [0.717, 1.165) is 23.3 Å². The fourth-order valence-corrected chi connectivity index (χ4v) is 3.77. The lowest BCUT2D eigenvalue weighted by atomic mass is 10.00. The molecule has 0 aliphatic carbocycles. The topological polar surface area (TPSA) is 74.2 Å². The monoisotopic (exact) mass is 419 g/mol. The molecule has 0 aromatic heterocycles. The minimum absolute atomic E-state index is 0.184. The molecule has 158 valence electrons. The number of rotatable bonds is 2. The number of amides is 1. The maximum absolute atomic E-state index is 12.8. The van der Waals surface area contributed by atoms with Gasteiger partial charge >= 0.3 is 12.3 Å². The van der Waals surface area contributed by atoms with Crippen molar-refractivity contribution in [3.63, 3.8) is 0 Å². The summed E-state index contributed by atoms with van der Waals surface area (Å²) in [5.74, 6) is 1.36. The average molecular weight is 419 g/mol. The van der Waals surface area contributed by atoms with Crippen molar-refractivity contribution in [3.05, 3.63) is 53.6 Å². The van der Waals surface area contributed by atoms with Crippen LogP contribution in [0.2, 0.25) is 0 Å². The quantitative estimate of drug-likeness (QED) is 0.776. The first-order chi connectivity index (χ1) is 14.3. The first kappa shape index (κ1) is 20.1. The number of ether oxygens (including phenoxy) is 1. The van der Waals surface area contributed by atoms with Crippen molar-refractivity contribution in [2.75, 3.05) is 26.2 Å². The Balaban J connectivity index is 1.63. The first-order valence-electron chi connectivity index (χ1n) is 9.55. The van der Waals surface area contributed by atoms with Crippen LogP contribution in [0.25, 0.3) is 11.1 Å². The Kier molecular flexibility index (Phi) is 5.27. The molecule has 2 heterocycles. The number of nitrogens with one attached hydrogen (secondary N) is 1. The molecule has 4 rings (SSSR count). The van der Waals surface area contributed by atoms with Gasteiger partial charge in [-0.2, -0.15) is 13.2 Å². The van der Waals surface area contributed by atoms with Crippen molar-refractivity contribution in [2.45, 2.75) is 18.6 Å². The van der Waals surface area contributed by atoms with E-state index in [-0.39, 0.29) is 6.04 Å². The number of carboxylic acid groups (broad SMARTS) is 1. The molecule has 2 N–H and O–H groups in total. The number of carbonyl (C=O) groups is 1. The van der Waals surface area contributed by atoms with E-state index >= 15 is 0 Å². The van der Waals surface area contributed by atoms with Gasteiger partial charge in [-0.3, -0.25) is 4.99 Å². The molecule has 0 spiro atoms. The zero-order valence-electron chi connectivity index (χ0n) is 15.9. The third-order valence-corrected chi connectivity index (χ3v) is 5.19. The molecular formula is C21H20F3N3O3.